The molecule has 1 fully saturated rings. The second-order valence-corrected chi connectivity index (χ2v) is 5.77. The second kappa shape index (κ2) is 4.58. The largest absolute Gasteiger partial charge is 0.356 e. The average molecular weight is 263 g/mol. The Kier molecular flexibility index (Phi) is 3.06. The molecule has 2 nitrogen and oxygen atoms in total. The van der Waals surface area contributed by atoms with Gasteiger partial charge in [0, 0.05) is 30.1 Å². The molecule has 0 aromatic heterocycles. The Bertz CT molecular complexity index is 520. The number of amidine groups is 1. The van der Waals surface area contributed by atoms with Crippen LogP contribution in [-0.4, -0.2) is 17.3 Å². The van der Waals surface area contributed by atoms with Gasteiger partial charge < -0.3 is 4.90 Å². The Morgan fingerprint density at radius 2 is 2.06 bits per heavy atom. The number of fused-ring (bicyclic) bond motifs is 2. The van der Waals surface area contributed by atoms with Crippen LogP contribution in [0, 0.1) is 13.8 Å². The molecule has 1 aromatic carbocycles. The van der Waals surface area contributed by atoms with Gasteiger partial charge in [0.2, 0.25) is 0 Å². The van der Waals surface area contributed by atoms with Crippen LogP contribution in [0.2, 0.25) is 5.02 Å². The molecule has 0 N–H and O–H groups in total. The van der Waals surface area contributed by atoms with Crippen LogP contribution >= 0.6 is 11.6 Å². The molecule has 18 heavy (non-hydrogen) atoms. The highest BCUT2D eigenvalue weighted by atomic mass is 35.5. The molecular weight excluding hydrogens is 244 g/mol. The van der Waals surface area contributed by atoms with Gasteiger partial charge in [0.15, 0.2) is 0 Å². The van der Waals surface area contributed by atoms with Crippen LogP contribution in [-0.2, 0) is 6.54 Å². The maximum atomic E-state index is 6.36. The number of halogens is 1. The molecule has 0 unspecified atom stereocenters. The van der Waals surface area contributed by atoms with Gasteiger partial charge in [-0.3, -0.25) is 0 Å². The van der Waals surface area contributed by atoms with E-state index in [0.717, 1.165) is 35.8 Å². The lowest BCUT2D eigenvalue weighted by Crippen LogP contribution is -2.32. The van der Waals surface area contributed by atoms with E-state index in [9.17, 15) is 0 Å². The molecule has 2 aliphatic heterocycles. The quantitative estimate of drug-likeness (QED) is 0.678. The molecule has 0 bridgehead atoms. The summed E-state index contributed by atoms with van der Waals surface area (Å²) in [4.78, 5) is 7.31. The van der Waals surface area contributed by atoms with E-state index in [1.54, 1.807) is 0 Å². The monoisotopic (exact) mass is 262 g/mol. The third kappa shape index (κ3) is 1.93. The first-order valence-electron chi connectivity index (χ1n) is 6.78. The molecule has 0 aliphatic carbocycles. The van der Waals surface area contributed by atoms with Crippen molar-refractivity contribution in [2.45, 2.75) is 46.1 Å². The summed E-state index contributed by atoms with van der Waals surface area (Å²) in [7, 11) is 0. The number of hydrogen-bond donors (Lipinski definition) is 0. The first-order chi connectivity index (χ1) is 8.66. The van der Waals surface area contributed by atoms with Gasteiger partial charge >= 0.3 is 0 Å². The fraction of sp³-hybridized carbons (Fsp3) is 0.533. The molecule has 0 spiro atoms. The van der Waals surface area contributed by atoms with Crippen molar-refractivity contribution in [3.63, 3.8) is 0 Å². The summed E-state index contributed by atoms with van der Waals surface area (Å²) in [5.74, 6) is 1.28. The van der Waals surface area contributed by atoms with Crippen LogP contribution in [0.25, 0.3) is 0 Å². The van der Waals surface area contributed by atoms with Gasteiger partial charge in [-0.05, 0) is 43.9 Å². The van der Waals surface area contributed by atoms with Gasteiger partial charge in [0.05, 0.1) is 5.69 Å². The van der Waals surface area contributed by atoms with Gasteiger partial charge in [-0.1, -0.05) is 18.0 Å². The highest BCUT2D eigenvalue weighted by Crippen LogP contribution is 2.36. The lowest BCUT2D eigenvalue weighted by atomic mass is 10.0. The number of nitrogens with zero attached hydrogens (tertiary/aromatic N) is 2. The van der Waals surface area contributed by atoms with Gasteiger partial charge in [-0.15, -0.1) is 0 Å². The van der Waals surface area contributed by atoms with Crippen LogP contribution in [0.5, 0.6) is 0 Å². The van der Waals surface area contributed by atoms with Crippen molar-refractivity contribution in [3.05, 3.63) is 27.8 Å². The Morgan fingerprint density at radius 3 is 2.89 bits per heavy atom. The Balaban J connectivity index is 2.09. The highest BCUT2D eigenvalue weighted by molar-refractivity contribution is 6.32. The Labute approximate surface area is 114 Å². The van der Waals surface area contributed by atoms with Crippen molar-refractivity contribution < 1.29 is 0 Å². The molecule has 96 valence electrons. The highest BCUT2D eigenvalue weighted by Gasteiger charge is 2.23. The Morgan fingerprint density at radius 1 is 1.22 bits per heavy atom. The first-order valence-corrected chi connectivity index (χ1v) is 7.15. The fourth-order valence-electron chi connectivity index (χ4n) is 2.95. The number of rotatable bonds is 0. The summed E-state index contributed by atoms with van der Waals surface area (Å²) >= 11 is 6.36. The lowest BCUT2D eigenvalue weighted by Gasteiger charge is -2.30. The van der Waals surface area contributed by atoms with Crippen LogP contribution in [0.1, 0.15) is 42.4 Å². The zero-order chi connectivity index (χ0) is 12.7. The summed E-state index contributed by atoms with van der Waals surface area (Å²) in [6.45, 7) is 6.31. The molecule has 1 saturated heterocycles. The van der Waals surface area contributed by atoms with Crippen molar-refractivity contribution in [3.8, 4) is 0 Å². The lowest BCUT2D eigenvalue weighted by molar-refractivity contribution is 0.402. The maximum absolute atomic E-state index is 6.36. The van der Waals surface area contributed by atoms with E-state index in [1.165, 1.54) is 36.2 Å². The summed E-state index contributed by atoms with van der Waals surface area (Å²) in [6, 6.07) is 2.14. The third-order valence-corrected chi connectivity index (χ3v) is 4.66. The summed E-state index contributed by atoms with van der Waals surface area (Å²) in [5, 5.41) is 0.905. The van der Waals surface area contributed by atoms with Crippen LogP contribution in [0.3, 0.4) is 0 Å². The second-order valence-electron chi connectivity index (χ2n) is 5.39. The van der Waals surface area contributed by atoms with Crippen molar-refractivity contribution in [2.75, 3.05) is 6.54 Å². The number of benzene rings is 1. The zero-order valence-electron chi connectivity index (χ0n) is 11.1. The van der Waals surface area contributed by atoms with Crippen molar-refractivity contribution in [1.82, 2.24) is 4.90 Å². The van der Waals surface area contributed by atoms with E-state index in [4.69, 9.17) is 16.6 Å². The topological polar surface area (TPSA) is 15.6 Å². The minimum atomic E-state index is 0.905. The smallest absolute Gasteiger partial charge is 0.105 e. The van der Waals surface area contributed by atoms with Crippen LogP contribution in [0.4, 0.5) is 5.69 Å². The molecule has 0 saturated carbocycles. The molecule has 0 radical (unpaired) electrons. The first kappa shape index (κ1) is 12.0. The van der Waals surface area contributed by atoms with E-state index >= 15 is 0 Å². The molecule has 3 heteroatoms. The fourth-order valence-corrected chi connectivity index (χ4v) is 3.12. The van der Waals surface area contributed by atoms with E-state index < -0.39 is 0 Å². The van der Waals surface area contributed by atoms with E-state index in [2.05, 4.69) is 24.8 Å². The molecule has 1 aromatic rings. The number of aliphatic imine (C=N–C) groups is 1. The molecular formula is C15H19ClN2. The van der Waals surface area contributed by atoms with Gasteiger partial charge in [-0.25, -0.2) is 4.99 Å². The predicted molar refractivity (Wildman–Crippen MR) is 76.9 cm³/mol. The standard InChI is InChI=1S/C15H19ClN2/c1-10-8-13-12(11(2)15(10)16)9-18-7-5-3-4-6-14(18)17-13/h8H,3-7,9H2,1-2H3. The minimum Gasteiger partial charge on any atom is -0.356 e. The summed E-state index contributed by atoms with van der Waals surface area (Å²) in [6.07, 6.45) is 5.01. The molecule has 2 aliphatic rings. The zero-order valence-corrected chi connectivity index (χ0v) is 11.8. The maximum Gasteiger partial charge on any atom is 0.105 e. The average Bonchev–Trinajstić information content (AvgIpc) is 2.59. The Hall–Kier alpha value is -1.02. The van der Waals surface area contributed by atoms with Gasteiger partial charge in [0.1, 0.15) is 5.84 Å². The SMILES string of the molecule is Cc1cc2c(c(C)c1Cl)CN1CCCCCC1=N2. The van der Waals surface area contributed by atoms with Crippen molar-refractivity contribution in [2.24, 2.45) is 4.99 Å². The van der Waals surface area contributed by atoms with E-state index in [1.807, 2.05) is 0 Å². The predicted octanol–water partition coefficient (Wildman–Crippen LogP) is 4.38. The van der Waals surface area contributed by atoms with Crippen LogP contribution in [0.15, 0.2) is 11.1 Å². The summed E-state index contributed by atoms with van der Waals surface area (Å²) in [5.41, 5.74) is 4.80. The number of aryl methyl sites for hydroxylation is 1. The van der Waals surface area contributed by atoms with Gasteiger partial charge in [0.25, 0.3) is 0 Å². The van der Waals surface area contributed by atoms with Crippen molar-refractivity contribution in [1.29, 1.82) is 0 Å². The third-order valence-electron chi connectivity index (χ3n) is 4.08. The van der Waals surface area contributed by atoms with E-state index in [-0.39, 0.29) is 0 Å². The minimum absolute atomic E-state index is 0.905. The molecule has 0 atom stereocenters. The van der Waals surface area contributed by atoms with Crippen LogP contribution < -0.4 is 0 Å². The molecule has 2 heterocycles. The van der Waals surface area contributed by atoms with Gasteiger partial charge in [-0.2, -0.15) is 0 Å². The van der Waals surface area contributed by atoms with E-state index in [0.29, 0.717) is 0 Å². The normalized spacial score (nSPS) is 18.8. The van der Waals surface area contributed by atoms with Crippen molar-refractivity contribution >= 4 is 23.1 Å². The number of hydrogen-bond acceptors (Lipinski definition) is 2. The molecule has 3 rings (SSSR count). The summed E-state index contributed by atoms with van der Waals surface area (Å²) < 4.78 is 0. The molecule has 0 amide bonds.